The summed E-state index contributed by atoms with van der Waals surface area (Å²) in [4.78, 5) is 22.8. The Morgan fingerprint density at radius 1 is 1.22 bits per heavy atom. The summed E-state index contributed by atoms with van der Waals surface area (Å²) in [6.07, 6.45) is 8.92. The van der Waals surface area contributed by atoms with E-state index in [0.717, 1.165) is 31.7 Å². The van der Waals surface area contributed by atoms with Gasteiger partial charge in [-0.25, -0.2) is 4.98 Å². The van der Waals surface area contributed by atoms with E-state index in [-0.39, 0.29) is 5.91 Å². The van der Waals surface area contributed by atoms with Crippen molar-refractivity contribution in [2.24, 2.45) is 11.8 Å². The van der Waals surface area contributed by atoms with Crippen molar-refractivity contribution < 1.29 is 4.79 Å². The monoisotopic (exact) mass is 310 g/mol. The number of carbonyl (C=O) groups excluding carboxylic acids is 1. The van der Waals surface area contributed by atoms with Gasteiger partial charge in [-0.05, 0) is 30.9 Å². The summed E-state index contributed by atoms with van der Waals surface area (Å²) < 4.78 is 0. The molecule has 0 aromatic carbocycles. The van der Waals surface area contributed by atoms with Gasteiger partial charge in [0.25, 0.3) is 5.91 Å². The lowest BCUT2D eigenvalue weighted by molar-refractivity contribution is 0.0773. The molecule has 1 amide bonds. The molecule has 1 saturated carbocycles. The highest BCUT2D eigenvalue weighted by molar-refractivity contribution is 5.92. The number of aromatic nitrogens is 4. The van der Waals surface area contributed by atoms with Gasteiger partial charge in [-0.3, -0.25) is 9.78 Å². The maximum Gasteiger partial charge on any atom is 0.274 e. The van der Waals surface area contributed by atoms with Gasteiger partial charge in [-0.15, -0.1) is 5.10 Å². The van der Waals surface area contributed by atoms with Gasteiger partial charge in [0.15, 0.2) is 5.69 Å². The third-order valence-electron chi connectivity index (χ3n) is 4.83. The fourth-order valence-corrected chi connectivity index (χ4v) is 3.75. The van der Waals surface area contributed by atoms with E-state index in [2.05, 4.69) is 25.5 Å². The Morgan fingerprint density at radius 2 is 2.17 bits per heavy atom. The average molecular weight is 310 g/mol. The van der Waals surface area contributed by atoms with E-state index in [4.69, 9.17) is 0 Å². The van der Waals surface area contributed by atoms with Crippen LogP contribution in [-0.2, 0) is 0 Å². The molecule has 1 aliphatic heterocycles. The van der Waals surface area contributed by atoms with Crippen LogP contribution in [0.25, 0.3) is 0 Å². The van der Waals surface area contributed by atoms with Gasteiger partial charge in [0.05, 0.1) is 6.20 Å². The topological polar surface area (TPSA) is 83.9 Å². The number of fused-ring (bicyclic) bond motifs is 1. The number of likely N-dealkylation sites (tertiary alicyclic amines) is 1. The molecule has 7 nitrogen and oxygen atoms in total. The summed E-state index contributed by atoms with van der Waals surface area (Å²) in [6, 6.07) is 3.81. The van der Waals surface area contributed by atoms with Gasteiger partial charge in [0, 0.05) is 43.6 Å². The number of nitrogens with one attached hydrogen (secondary N) is 1. The minimum absolute atomic E-state index is 0.0225. The van der Waals surface area contributed by atoms with Gasteiger partial charge in [-0.2, -0.15) is 5.10 Å². The summed E-state index contributed by atoms with van der Waals surface area (Å²) in [5.41, 5.74) is 0.422. The van der Waals surface area contributed by atoms with E-state index >= 15 is 0 Å². The number of anilines is 1. The van der Waals surface area contributed by atoms with Gasteiger partial charge in [-0.1, -0.05) is 0 Å². The molecule has 1 N–H and O–H groups in total. The van der Waals surface area contributed by atoms with Crippen LogP contribution in [-0.4, -0.2) is 50.1 Å². The molecule has 1 saturated heterocycles. The summed E-state index contributed by atoms with van der Waals surface area (Å²) >= 11 is 0. The smallest absolute Gasteiger partial charge is 0.274 e. The van der Waals surface area contributed by atoms with Crippen LogP contribution in [0.5, 0.6) is 0 Å². The molecule has 23 heavy (non-hydrogen) atoms. The molecule has 2 aliphatic rings. The second-order valence-electron chi connectivity index (χ2n) is 6.16. The van der Waals surface area contributed by atoms with Crippen LogP contribution in [0.1, 0.15) is 23.3 Å². The highest BCUT2D eigenvalue weighted by Gasteiger charge is 2.44. The minimum Gasteiger partial charge on any atom is -0.366 e. The fraction of sp³-hybridized carbons (Fsp3) is 0.438. The second kappa shape index (κ2) is 5.91. The lowest BCUT2D eigenvalue weighted by atomic mass is 9.98. The molecule has 2 aromatic heterocycles. The SMILES string of the molecule is O=C(c1cccnn1)N1C[C@H]2CC[C@@H](Nc3cnccn3)[C@H]2C1. The van der Waals surface area contributed by atoms with Crippen LogP contribution in [0.2, 0.25) is 0 Å². The normalized spacial score (nSPS) is 26.1. The predicted octanol–water partition coefficient (Wildman–Crippen LogP) is 1.23. The molecule has 7 heteroatoms. The van der Waals surface area contributed by atoms with E-state index in [0.29, 0.717) is 23.6 Å². The highest BCUT2D eigenvalue weighted by Crippen LogP contribution is 2.39. The number of nitrogens with zero attached hydrogens (tertiary/aromatic N) is 5. The minimum atomic E-state index is -0.0225. The first-order chi connectivity index (χ1) is 11.3. The van der Waals surface area contributed by atoms with E-state index in [1.54, 1.807) is 36.9 Å². The summed E-state index contributed by atoms with van der Waals surface area (Å²) in [5, 5.41) is 11.2. The number of hydrogen-bond donors (Lipinski definition) is 1. The molecule has 2 fully saturated rings. The van der Waals surface area contributed by atoms with Crippen LogP contribution in [0.4, 0.5) is 5.82 Å². The highest BCUT2D eigenvalue weighted by atomic mass is 16.2. The zero-order valence-electron chi connectivity index (χ0n) is 12.7. The summed E-state index contributed by atoms with van der Waals surface area (Å²) in [5.74, 6) is 1.78. The lowest BCUT2D eigenvalue weighted by Crippen LogP contribution is -2.33. The van der Waals surface area contributed by atoms with Crippen molar-refractivity contribution in [2.45, 2.75) is 18.9 Å². The van der Waals surface area contributed by atoms with E-state index in [1.165, 1.54) is 0 Å². The van der Waals surface area contributed by atoms with Crippen molar-refractivity contribution in [1.82, 2.24) is 25.1 Å². The van der Waals surface area contributed by atoms with Crippen LogP contribution in [0.15, 0.2) is 36.9 Å². The molecule has 0 spiro atoms. The third kappa shape index (κ3) is 2.74. The molecule has 0 bridgehead atoms. The molecule has 3 heterocycles. The van der Waals surface area contributed by atoms with Gasteiger partial charge >= 0.3 is 0 Å². The summed E-state index contributed by atoms with van der Waals surface area (Å²) in [7, 11) is 0. The quantitative estimate of drug-likeness (QED) is 0.918. The Balaban J connectivity index is 1.44. The standard InChI is InChI=1S/C16H18N6O/c23-16(14-2-1-5-19-21-14)22-9-11-3-4-13(12(11)10-22)20-15-8-17-6-7-18-15/h1-2,5-8,11-13H,3-4,9-10H2,(H,18,20)/t11-,12+,13-/m1/s1. The fourth-order valence-electron chi connectivity index (χ4n) is 3.75. The first kappa shape index (κ1) is 14.0. The maximum absolute atomic E-state index is 12.5. The molecular formula is C16H18N6O. The van der Waals surface area contributed by atoms with Gasteiger partial charge in [0.1, 0.15) is 5.82 Å². The molecular weight excluding hydrogens is 292 g/mol. The predicted molar refractivity (Wildman–Crippen MR) is 83.6 cm³/mol. The van der Waals surface area contributed by atoms with Crippen LogP contribution in [0, 0.1) is 11.8 Å². The molecule has 1 aliphatic carbocycles. The molecule has 118 valence electrons. The van der Waals surface area contributed by atoms with E-state index < -0.39 is 0 Å². The van der Waals surface area contributed by atoms with Crippen LogP contribution in [0.3, 0.4) is 0 Å². The van der Waals surface area contributed by atoms with Crippen LogP contribution >= 0.6 is 0 Å². The summed E-state index contributed by atoms with van der Waals surface area (Å²) in [6.45, 7) is 1.57. The third-order valence-corrected chi connectivity index (χ3v) is 4.83. The van der Waals surface area contributed by atoms with E-state index in [1.807, 2.05) is 4.90 Å². The van der Waals surface area contributed by atoms with Crippen molar-refractivity contribution in [2.75, 3.05) is 18.4 Å². The molecule has 2 aromatic rings. The zero-order chi connectivity index (χ0) is 15.6. The second-order valence-corrected chi connectivity index (χ2v) is 6.16. The van der Waals surface area contributed by atoms with Crippen molar-refractivity contribution in [3.63, 3.8) is 0 Å². The van der Waals surface area contributed by atoms with Crippen molar-refractivity contribution >= 4 is 11.7 Å². The van der Waals surface area contributed by atoms with Crippen molar-refractivity contribution in [3.05, 3.63) is 42.6 Å². The Hall–Kier alpha value is -2.57. The first-order valence-electron chi connectivity index (χ1n) is 7.91. The number of carbonyl (C=O) groups is 1. The Labute approximate surface area is 134 Å². The molecule has 3 atom stereocenters. The van der Waals surface area contributed by atoms with E-state index in [9.17, 15) is 4.79 Å². The number of hydrogen-bond acceptors (Lipinski definition) is 6. The van der Waals surface area contributed by atoms with Crippen molar-refractivity contribution in [1.29, 1.82) is 0 Å². The maximum atomic E-state index is 12.5. The van der Waals surface area contributed by atoms with Gasteiger partial charge < -0.3 is 10.2 Å². The Morgan fingerprint density at radius 3 is 2.96 bits per heavy atom. The van der Waals surface area contributed by atoms with Crippen molar-refractivity contribution in [3.8, 4) is 0 Å². The van der Waals surface area contributed by atoms with Gasteiger partial charge in [0.2, 0.25) is 0 Å². The Bertz CT molecular complexity index is 679. The first-order valence-corrected chi connectivity index (χ1v) is 7.91. The lowest BCUT2D eigenvalue weighted by Gasteiger charge is -2.21. The largest absolute Gasteiger partial charge is 0.366 e. The molecule has 4 rings (SSSR count). The molecule has 0 unspecified atom stereocenters. The molecule has 0 radical (unpaired) electrons. The van der Waals surface area contributed by atoms with Crippen LogP contribution < -0.4 is 5.32 Å². The number of amides is 1. The Kier molecular flexibility index (Phi) is 3.61. The number of rotatable bonds is 3. The average Bonchev–Trinajstić information content (AvgIpc) is 3.18. The zero-order valence-corrected chi connectivity index (χ0v) is 12.7.